The Labute approximate surface area is 127 Å². The normalized spacial score (nSPS) is 18.8. The minimum Gasteiger partial charge on any atom is -0.370 e. The van der Waals surface area contributed by atoms with Crippen molar-refractivity contribution in [3.05, 3.63) is 20.7 Å². The first-order chi connectivity index (χ1) is 8.72. The quantitative estimate of drug-likeness (QED) is 0.574. The highest BCUT2D eigenvalue weighted by molar-refractivity contribution is 14.1. The van der Waals surface area contributed by atoms with Gasteiger partial charge in [-0.15, -0.1) is 0 Å². The number of ether oxygens (including phenoxy) is 1. The lowest BCUT2D eigenvalue weighted by Gasteiger charge is -2.29. The van der Waals surface area contributed by atoms with Gasteiger partial charge in [0, 0.05) is 12.8 Å². The summed E-state index contributed by atoms with van der Waals surface area (Å²) in [4.78, 5) is 8.79. The Morgan fingerprint density at radius 1 is 1.44 bits per heavy atom. The van der Waals surface area contributed by atoms with Crippen LogP contribution in [-0.2, 0) is 4.74 Å². The highest BCUT2D eigenvalue weighted by atomic mass is 127. The lowest BCUT2D eigenvalue weighted by Crippen LogP contribution is -2.21. The third-order valence-electron chi connectivity index (χ3n) is 3.40. The summed E-state index contributed by atoms with van der Waals surface area (Å²) in [5.74, 6) is 1.28. The maximum absolute atomic E-state index is 6.08. The molecule has 0 amide bonds. The van der Waals surface area contributed by atoms with Crippen molar-refractivity contribution in [3.63, 3.8) is 0 Å². The van der Waals surface area contributed by atoms with Gasteiger partial charge < -0.3 is 4.74 Å². The van der Waals surface area contributed by atoms with Crippen LogP contribution in [0, 0.1) is 9.49 Å². The average molecular weight is 381 g/mol. The highest BCUT2D eigenvalue weighted by Crippen LogP contribution is 2.36. The van der Waals surface area contributed by atoms with Crippen LogP contribution in [0.15, 0.2) is 6.20 Å². The molecular formula is C13H18ClIN2O. The Bertz CT molecular complexity index is 397. The average Bonchev–Trinajstić information content (AvgIpc) is 2.40. The fourth-order valence-electron chi connectivity index (χ4n) is 2.53. The summed E-state index contributed by atoms with van der Waals surface area (Å²) in [5, 5.41) is 0.529. The number of hydrogen-bond donors (Lipinski definition) is 0. The van der Waals surface area contributed by atoms with E-state index in [2.05, 4.69) is 32.6 Å². The molecule has 1 aliphatic carbocycles. The van der Waals surface area contributed by atoms with Crippen molar-refractivity contribution in [1.29, 1.82) is 0 Å². The fraction of sp³-hybridized carbons (Fsp3) is 0.692. The van der Waals surface area contributed by atoms with E-state index in [1.54, 1.807) is 6.20 Å². The zero-order chi connectivity index (χ0) is 13.0. The van der Waals surface area contributed by atoms with Crippen molar-refractivity contribution in [3.8, 4) is 0 Å². The van der Waals surface area contributed by atoms with E-state index in [4.69, 9.17) is 16.3 Å². The van der Waals surface area contributed by atoms with Crippen LogP contribution in [0.5, 0.6) is 0 Å². The lowest BCUT2D eigenvalue weighted by molar-refractivity contribution is -0.000213. The largest absolute Gasteiger partial charge is 0.370 e. The van der Waals surface area contributed by atoms with Gasteiger partial charge in [0.25, 0.3) is 0 Å². The van der Waals surface area contributed by atoms with E-state index in [1.807, 2.05) is 6.92 Å². The van der Waals surface area contributed by atoms with E-state index in [-0.39, 0.29) is 6.10 Å². The van der Waals surface area contributed by atoms with Crippen LogP contribution in [0.4, 0.5) is 0 Å². The molecule has 1 atom stereocenters. The molecule has 1 fully saturated rings. The van der Waals surface area contributed by atoms with Gasteiger partial charge in [0.2, 0.25) is 0 Å². The third kappa shape index (κ3) is 3.54. The van der Waals surface area contributed by atoms with Gasteiger partial charge in [-0.05, 0) is 48.3 Å². The maximum atomic E-state index is 6.08. The minimum absolute atomic E-state index is 0.00444. The van der Waals surface area contributed by atoms with Crippen molar-refractivity contribution in [1.82, 2.24) is 9.97 Å². The number of halogens is 2. The van der Waals surface area contributed by atoms with Crippen molar-refractivity contribution in [2.24, 2.45) is 5.92 Å². The predicted octanol–water partition coefficient (Wildman–Crippen LogP) is 4.39. The summed E-state index contributed by atoms with van der Waals surface area (Å²) in [6.45, 7) is 2.71. The van der Waals surface area contributed by atoms with Crippen molar-refractivity contribution < 1.29 is 4.74 Å². The van der Waals surface area contributed by atoms with Gasteiger partial charge in [0.1, 0.15) is 11.3 Å². The maximum Gasteiger partial charge on any atom is 0.159 e. The number of aromatic nitrogens is 2. The molecule has 2 rings (SSSR count). The van der Waals surface area contributed by atoms with Crippen molar-refractivity contribution in [2.45, 2.75) is 45.1 Å². The molecule has 3 nitrogen and oxygen atoms in total. The summed E-state index contributed by atoms with van der Waals surface area (Å²) >= 11 is 8.23. The molecule has 1 unspecified atom stereocenters. The van der Waals surface area contributed by atoms with Gasteiger partial charge in [-0.25, -0.2) is 9.97 Å². The summed E-state index contributed by atoms with van der Waals surface area (Å²) in [5.41, 5.74) is 0. The van der Waals surface area contributed by atoms with E-state index >= 15 is 0 Å². The molecule has 0 bridgehead atoms. The van der Waals surface area contributed by atoms with Gasteiger partial charge in [-0.3, -0.25) is 0 Å². The zero-order valence-electron chi connectivity index (χ0n) is 10.5. The van der Waals surface area contributed by atoms with Gasteiger partial charge in [0.15, 0.2) is 5.82 Å². The number of nitrogens with zero attached hydrogens (tertiary/aromatic N) is 2. The standard InChI is InChI=1S/C13H18ClIN2O/c1-2-18-11(9-6-4-3-5-7-9)13-16-8-10(15)12(14)17-13/h8-9,11H,2-7H2,1H3. The van der Waals surface area contributed by atoms with E-state index in [9.17, 15) is 0 Å². The molecule has 0 saturated heterocycles. The Balaban J connectivity index is 2.19. The summed E-state index contributed by atoms with van der Waals surface area (Å²) in [6, 6.07) is 0. The second-order valence-corrected chi connectivity index (χ2v) is 6.16. The minimum atomic E-state index is 0.00444. The Kier molecular flexibility index (Phi) is 5.63. The van der Waals surface area contributed by atoms with Gasteiger partial charge >= 0.3 is 0 Å². The Morgan fingerprint density at radius 3 is 2.78 bits per heavy atom. The van der Waals surface area contributed by atoms with Crippen LogP contribution < -0.4 is 0 Å². The first-order valence-corrected chi connectivity index (χ1v) is 7.97. The summed E-state index contributed by atoms with van der Waals surface area (Å²) in [6.07, 6.45) is 8.10. The second-order valence-electron chi connectivity index (χ2n) is 4.64. The summed E-state index contributed by atoms with van der Waals surface area (Å²) in [7, 11) is 0. The molecule has 1 aromatic heterocycles. The predicted molar refractivity (Wildman–Crippen MR) is 80.7 cm³/mol. The molecule has 100 valence electrons. The SMILES string of the molecule is CCOC(c1ncc(I)c(Cl)n1)C1CCCCC1. The fourth-order valence-corrected chi connectivity index (χ4v) is 2.93. The molecule has 0 radical (unpaired) electrons. The molecule has 0 aromatic carbocycles. The molecule has 1 aliphatic rings. The molecule has 0 spiro atoms. The van der Waals surface area contributed by atoms with Crippen molar-refractivity contribution >= 4 is 34.2 Å². The van der Waals surface area contributed by atoms with E-state index in [0.717, 1.165) is 9.39 Å². The highest BCUT2D eigenvalue weighted by Gasteiger charge is 2.28. The third-order valence-corrected chi connectivity index (χ3v) is 4.80. The second kappa shape index (κ2) is 7.01. The first kappa shape index (κ1) is 14.5. The lowest BCUT2D eigenvalue weighted by atomic mass is 9.85. The van der Waals surface area contributed by atoms with Crippen LogP contribution >= 0.6 is 34.2 Å². The van der Waals surface area contributed by atoms with Crippen LogP contribution in [0.3, 0.4) is 0 Å². The smallest absolute Gasteiger partial charge is 0.159 e. The monoisotopic (exact) mass is 380 g/mol. The van der Waals surface area contributed by atoms with Crippen LogP contribution in [0.1, 0.15) is 51.0 Å². The zero-order valence-corrected chi connectivity index (χ0v) is 13.4. The van der Waals surface area contributed by atoms with Crippen molar-refractivity contribution in [2.75, 3.05) is 6.61 Å². The Morgan fingerprint density at radius 2 is 2.17 bits per heavy atom. The van der Waals surface area contributed by atoms with Gasteiger partial charge in [-0.1, -0.05) is 30.9 Å². The molecule has 1 aromatic rings. The molecule has 5 heteroatoms. The van der Waals surface area contributed by atoms with Crippen LogP contribution in [0.25, 0.3) is 0 Å². The first-order valence-electron chi connectivity index (χ1n) is 6.52. The van der Waals surface area contributed by atoms with E-state index < -0.39 is 0 Å². The van der Waals surface area contributed by atoms with Crippen LogP contribution in [0.2, 0.25) is 5.15 Å². The molecule has 1 saturated carbocycles. The van der Waals surface area contributed by atoms with Crippen LogP contribution in [-0.4, -0.2) is 16.6 Å². The number of rotatable bonds is 4. The summed E-state index contributed by atoms with van der Waals surface area (Å²) < 4.78 is 6.76. The van der Waals surface area contributed by atoms with Gasteiger partial charge in [-0.2, -0.15) is 0 Å². The molecule has 18 heavy (non-hydrogen) atoms. The van der Waals surface area contributed by atoms with Gasteiger partial charge in [0.05, 0.1) is 3.57 Å². The van der Waals surface area contributed by atoms with E-state index in [0.29, 0.717) is 17.7 Å². The molecule has 0 aliphatic heterocycles. The topological polar surface area (TPSA) is 35.0 Å². The Hall–Kier alpha value is 0.0600. The molecule has 1 heterocycles. The molecule has 0 N–H and O–H groups in total. The van der Waals surface area contributed by atoms with E-state index in [1.165, 1.54) is 32.1 Å². The number of hydrogen-bond acceptors (Lipinski definition) is 3. The molecular weight excluding hydrogens is 363 g/mol.